The number of alkyl halides is 3. The number of phenolic OH excluding ortho intramolecular Hbond substituents is 1. The lowest BCUT2D eigenvalue weighted by molar-refractivity contribution is -0.181. The standard InChI is InChI=1S/C31H30F5N3O7/c1-39(2)23-18-9-12-7-17-16(15-4-3-14(32)10-19(15)33)8-13(11-38-6-5-30(34,35)36)24(40)21(17)25(41)20(12)27(43)31(18,46)28(44)22(26(23)42)29(37)45/h3-4,8,10,12,18,20,22-23,38,40,46H,5-7,9,11H2,1-2H3,(H2,37,45)/t12-,18-,20?,22?,23-,31-/m0/s1. The van der Waals surface area contributed by atoms with E-state index in [0.29, 0.717) is 6.07 Å². The Balaban J connectivity index is 1.65. The maximum absolute atomic E-state index is 15.1. The molecule has 3 aliphatic rings. The van der Waals surface area contributed by atoms with Gasteiger partial charge in [0.25, 0.3) is 0 Å². The number of hydrogen-bond donors (Lipinski definition) is 4. The van der Waals surface area contributed by atoms with Crippen LogP contribution in [-0.2, 0) is 32.1 Å². The lowest BCUT2D eigenvalue weighted by Crippen LogP contribution is -2.74. The van der Waals surface area contributed by atoms with Crippen LogP contribution in [0, 0.1) is 35.3 Å². The molecule has 2 unspecified atom stereocenters. The largest absolute Gasteiger partial charge is 0.507 e. The van der Waals surface area contributed by atoms with Crippen molar-refractivity contribution >= 4 is 29.0 Å². The summed E-state index contributed by atoms with van der Waals surface area (Å²) in [6, 6.07) is 2.56. The van der Waals surface area contributed by atoms with Gasteiger partial charge in [0.1, 0.15) is 17.4 Å². The quantitative estimate of drug-likeness (QED) is 0.199. The maximum atomic E-state index is 15.1. The molecule has 5 N–H and O–H groups in total. The maximum Gasteiger partial charge on any atom is 0.390 e. The fourth-order valence-corrected chi connectivity index (χ4v) is 7.26. The molecule has 0 aliphatic heterocycles. The molecule has 10 nitrogen and oxygen atoms in total. The van der Waals surface area contributed by atoms with Gasteiger partial charge < -0.3 is 21.3 Å². The fraction of sp³-hybridized carbons (Fsp3) is 0.452. The first-order valence-corrected chi connectivity index (χ1v) is 14.3. The minimum Gasteiger partial charge on any atom is -0.507 e. The lowest BCUT2D eigenvalue weighted by atomic mass is 9.52. The van der Waals surface area contributed by atoms with Crippen molar-refractivity contribution < 1.29 is 56.1 Å². The molecule has 15 heteroatoms. The van der Waals surface area contributed by atoms with Crippen molar-refractivity contribution in [2.24, 2.45) is 29.4 Å². The van der Waals surface area contributed by atoms with E-state index in [0.717, 1.165) is 12.1 Å². The van der Waals surface area contributed by atoms with Gasteiger partial charge in [0.05, 0.1) is 23.9 Å². The number of benzene rings is 2. The third-order valence-corrected chi connectivity index (χ3v) is 9.26. The molecule has 0 bridgehead atoms. The molecule has 2 aromatic carbocycles. The second-order valence-electron chi connectivity index (χ2n) is 12.2. The van der Waals surface area contributed by atoms with Gasteiger partial charge in [-0.3, -0.25) is 28.9 Å². The summed E-state index contributed by atoms with van der Waals surface area (Å²) in [4.78, 5) is 68.4. The van der Waals surface area contributed by atoms with Gasteiger partial charge in [-0.2, -0.15) is 13.2 Å². The van der Waals surface area contributed by atoms with Crippen molar-refractivity contribution in [3.05, 3.63) is 52.6 Å². The number of Topliss-reactive ketones (excluding diaryl/α,β-unsaturated/α-hetero) is 4. The van der Waals surface area contributed by atoms with Gasteiger partial charge in [-0.05, 0) is 62.2 Å². The summed E-state index contributed by atoms with van der Waals surface area (Å²) < 4.78 is 67.1. The number of aliphatic hydroxyl groups is 1. The Labute approximate surface area is 258 Å². The van der Waals surface area contributed by atoms with Crippen molar-refractivity contribution in [2.75, 3.05) is 20.6 Å². The van der Waals surface area contributed by atoms with Crippen LogP contribution < -0.4 is 11.1 Å². The zero-order valence-corrected chi connectivity index (χ0v) is 24.6. The van der Waals surface area contributed by atoms with Gasteiger partial charge >= 0.3 is 6.18 Å². The number of primary amides is 1. The highest BCUT2D eigenvalue weighted by atomic mass is 19.4. The number of phenols is 1. The van der Waals surface area contributed by atoms with Crippen LogP contribution in [0.15, 0.2) is 24.3 Å². The number of fused-ring (bicyclic) bond motifs is 3. The number of rotatable bonds is 7. The van der Waals surface area contributed by atoms with E-state index in [1.165, 1.54) is 25.1 Å². The van der Waals surface area contributed by atoms with Crippen LogP contribution in [-0.4, -0.2) is 82.6 Å². The summed E-state index contributed by atoms with van der Waals surface area (Å²) >= 11 is 0. The smallest absolute Gasteiger partial charge is 0.390 e. The molecule has 0 aromatic heterocycles. The molecular weight excluding hydrogens is 621 g/mol. The number of hydrogen-bond acceptors (Lipinski definition) is 9. The topological polar surface area (TPSA) is 167 Å². The van der Waals surface area contributed by atoms with Gasteiger partial charge in [-0.25, -0.2) is 8.78 Å². The third kappa shape index (κ3) is 5.29. The zero-order valence-electron chi connectivity index (χ0n) is 24.6. The van der Waals surface area contributed by atoms with Crippen LogP contribution in [0.2, 0.25) is 0 Å². The highest BCUT2D eigenvalue weighted by Crippen LogP contribution is 2.52. The predicted molar refractivity (Wildman–Crippen MR) is 149 cm³/mol. The van der Waals surface area contributed by atoms with Gasteiger partial charge in [0, 0.05) is 36.2 Å². The molecule has 2 saturated carbocycles. The first-order valence-electron chi connectivity index (χ1n) is 14.3. The number of halogens is 5. The van der Waals surface area contributed by atoms with Crippen molar-refractivity contribution in [1.29, 1.82) is 0 Å². The second-order valence-corrected chi connectivity index (χ2v) is 12.2. The van der Waals surface area contributed by atoms with E-state index in [4.69, 9.17) is 5.73 Å². The van der Waals surface area contributed by atoms with Crippen molar-refractivity contribution in [3.8, 4) is 16.9 Å². The first kappa shape index (κ1) is 33.3. The minimum absolute atomic E-state index is 0.00625. The molecule has 1 amide bonds. The SMILES string of the molecule is CN(C)[C@@H]1C(=O)C(C(N)=O)C(=O)[C@@]2(O)C(=O)C3C(=O)c4c(O)c(CNCCC(F)(F)F)cc(-c5ccc(F)cc5F)c4C[C@H]3C[C@@H]12. The second kappa shape index (κ2) is 11.6. The number of carbonyl (C=O) groups excluding carboxylic acids is 5. The fourth-order valence-electron chi connectivity index (χ4n) is 7.26. The number of nitrogens with zero attached hydrogens (tertiary/aromatic N) is 1. The summed E-state index contributed by atoms with van der Waals surface area (Å²) in [5, 5.41) is 25.5. The van der Waals surface area contributed by atoms with E-state index in [2.05, 4.69) is 5.32 Å². The summed E-state index contributed by atoms with van der Waals surface area (Å²) in [5.74, 6) is -15.0. The molecule has 246 valence electrons. The van der Waals surface area contributed by atoms with Crippen LogP contribution >= 0.6 is 0 Å². The van der Waals surface area contributed by atoms with E-state index < -0.39 is 113 Å². The summed E-state index contributed by atoms with van der Waals surface area (Å²) in [6.07, 6.45) is -6.16. The van der Waals surface area contributed by atoms with Crippen LogP contribution in [0.3, 0.4) is 0 Å². The van der Waals surface area contributed by atoms with Crippen LogP contribution in [0.5, 0.6) is 5.75 Å². The Morgan fingerprint density at radius 2 is 1.76 bits per heavy atom. The van der Waals surface area contributed by atoms with E-state index in [1.807, 2.05) is 0 Å². The van der Waals surface area contributed by atoms with Crippen molar-refractivity contribution in [2.45, 2.75) is 43.6 Å². The molecule has 6 atom stereocenters. The van der Waals surface area contributed by atoms with Gasteiger partial charge in [-0.15, -0.1) is 0 Å². The molecular formula is C31H30F5N3O7. The molecule has 46 heavy (non-hydrogen) atoms. The number of likely N-dealkylation sites (N-methyl/N-ethyl adjacent to an activating group) is 1. The van der Waals surface area contributed by atoms with Crippen molar-refractivity contribution in [1.82, 2.24) is 10.2 Å². The van der Waals surface area contributed by atoms with E-state index in [-0.39, 0.29) is 35.1 Å². The number of nitrogens with two attached hydrogens (primary N) is 1. The number of ketones is 4. The van der Waals surface area contributed by atoms with E-state index in [1.54, 1.807) is 0 Å². The average molecular weight is 652 g/mol. The van der Waals surface area contributed by atoms with Crippen molar-refractivity contribution in [3.63, 3.8) is 0 Å². The monoisotopic (exact) mass is 651 g/mol. The van der Waals surface area contributed by atoms with Gasteiger partial charge in [-0.1, -0.05) is 0 Å². The molecule has 3 aliphatic carbocycles. The number of amides is 1. The average Bonchev–Trinajstić information content (AvgIpc) is 2.93. The minimum atomic E-state index is -4.49. The van der Waals surface area contributed by atoms with E-state index in [9.17, 15) is 51.7 Å². The lowest BCUT2D eigenvalue weighted by Gasteiger charge is -2.52. The zero-order chi connectivity index (χ0) is 34.0. The number of carbonyl (C=O) groups is 5. The Bertz CT molecular complexity index is 1680. The first-order chi connectivity index (χ1) is 21.4. The molecule has 0 saturated heterocycles. The Hall–Kier alpha value is -4.08. The van der Waals surface area contributed by atoms with E-state index >= 15 is 4.39 Å². The Morgan fingerprint density at radius 1 is 1.09 bits per heavy atom. The molecule has 2 fully saturated rings. The molecule has 0 heterocycles. The van der Waals surface area contributed by atoms with Crippen LogP contribution in [0.4, 0.5) is 22.0 Å². The number of nitrogens with one attached hydrogen (secondary N) is 1. The Kier molecular flexibility index (Phi) is 8.41. The predicted octanol–water partition coefficient (Wildman–Crippen LogP) is 1.85. The molecule has 5 rings (SSSR count). The molecule has 0 radical (unpaired) electrons. The van der Waals surface area contributed by atoms with Gasteiger partial charge in [0.2, 0.25) is 5.91 Å². The van der Waals surface area contributed by atoms with Gasteiger partial charge in [0.15, 0.2) is 34.7 Å². The highest BCUT2D eigenvalue weighted by Gasteiger charge is 2.69. The third-order valence-electron chi connectivity index (χ3n) is 9.26. The summed E-state index contributed by atoms with van der Waals surface area (Å²) in [7, 11) is 2.87. The van der Waals surface area contributed by atoms with Crippen LogP contribution in [0.25, 0.3) is 11.1 Å². The van der Waals surface area contributed by atoms with Crippen LogP contribution in [0.1, 0.15) is 34.3 Å². The molecule has 2 aromatic rings. The molecule has 0 spiro atoms. The highest BCUT2D eigenvalue weighted by molar-refractivity contribution is 6.32. The Morgan fingerprint density at radius 3 is 2.35 bits per heavy atom. The normalized spacial score (nSPS) is 27.8. The summed E-state index contributed by atoms with van der Waals surface area (Å²) in [5.41, 5.74) is 1.61. The number of aromatic hydroxyl groups is 1. The summed E-state index contributed by atoms with van der Waals surface area (Å²) in [6.45, 7) is -0.988.